The van der Waals surface area contributed by atoms with Crippen molar-refractivity contribution in [3.63, 3.8) is 0 Å². The van der Waals surface area contributed by atoms with E-state index in [4.69, 9.17) is 11.6 Å². The van der Waals surface area contributed by atoms with Crippen molar-refractivity contribution in [2.24, 2.45) is 0 Å². The second kappa shape index (κ2) is 8.12. The van der Waals surface area contributed by atoms with E-state index in [1.807, 2.05) is 37.4 Å². The van der Waals surface area contributed by atoms with Crippen LogP contribution in [0, 0.1) is 0 Å². The summed E-state index contributed by atoms with van der Waals surface area (Å²) in [6.45, 7) is 8.50. The van der Waals surface area contributed by atoms with Gasteiger partial charge in [0.05, 0.1) is 11.7 Å². The van der Waals surface area contributed by atoms with Gasteiger partial charge in [0.25, 0.3) is 0 Å². The molecule has 1 fully saturated rings. The van der Waals surface area contributed by atoms with Crippen LogP contribution < -0.4 is 5.32 Å². The van der Waals surface area contributed by atoms with Gasteiger partial charge in [-0.15, -0.1) is 0 Å². The summed E-state index contributed by atoms with van der Waals surface area (Å²) in [5, 5.41) is 3.88. The Morgan fingerprint density at radius 2 is 1.92 bits per heavy atom. The molecule has 0 spiro atoms. The van der Waals surface area contributed by atoms with Crippen LogP contribution in [0.1, 0.15) is 18.7 Å². The minimum Gasteiger partial charge on any atom is -0.339 e. The molecule has 2 aromatic rings. The van der Waals surface area contributed by atoms with Crippen molar-refractivity contribution in [2.45, 2.75) is 13.0 Å². The average Bonchev–Trinajstić information content (AvgIpc) is 3.02. The first-order valence-corrected chi connectivity index (χ1v) is 9.02. The van der Waals surface area contributed by atoms with Crippen LogP contribution >= 0.6 is 11.6 Å². The number of aromatic nitrogens is 2. The number of nitrogens with one attached hydrogen (secondary N) is 2. The fourth-order valence-electron chi connectivity index (χ4n) is 3.32. The summed E-state index contributed by atoms with van der Waals surface area (Å²) in [6, 6.07) is 10.3. The van der Waals surface area contributed by atoms with Crippen molar-refractivity contribution in [1.82, 2.24) is 25.1 Å². The van der Waals surface area contributed by atoms with Crippen LogP contribution in [0.5, 0.6) is 0 Å². The summed E-state index contributed by atoms with van der Waals surface area (Å²) >= 11 is 6.49. The Hall–Kier alpha value is -1.40. The van der Waals surface area contributed by atoms with Gasteiger partial charge in [0.2, 0.25) is 0 Å². The lowest BCUT2D eigenvalue weighted by Crippen LogP contribution is -2.49. The lowest BCUT2D eigenvalue weighted by atomic mass is 10.1. The summed E-state index contributed by atoms with van der Waals surface area (Å²) in [6.07, 6.45) is 0. The predicted octanol–water partition coefficient (Wildman–Crippen LogP) is 2.63. The Morgan fingerprint density at radius 1 is 1.21 bits per heavy atom. The summed E-state index contributed by atoms with van der Waals surface area (Å²) in [7, 11) is 1.98. The van der Waals surface area contributed by atoms with E-state index < -0.39 is 0 Å². The van der Waals surface area contributed by atoms with Crippen molar-refractivity contribution in [3.8, 4) is 11.4 Å². The van der Waals surface area contributed by atoms with E-state index in [1.165, 1.54) is 0 Å². The van der Waals surface area contributed by atoms with Gasteiger partial charge in [-0.25, -0.2) is 4.98 Å². The molecular formula is C18H26ClN5. The Labute approximate surface area is 149 Å². The molecule has 1 unspecified atom stereocenters. The maximum absolute atomic E-state index is 6.49. The molecule has 1 aromatic heterocycles. The average molecular weight is 348 g/mol. The third kappa shape index (κ3) is 3.81. The van der Waals surface area contributed by atoms with E-state index >= 15 is 0 Å². The molecule has 24 heavy (non-hydrogen) atoms. The molecule has 0 saturated carbocycles. The fourth-order valence-corrected chi connectivity index (χ4v) is 3.58. The molecule has 1 atom stereocenters. The number of H-pyrrole nitrogens is 1. The van der Waals surface area contributed by atoms with E-state index in [-0.39, 0.29) is 6.04 Å². The van der Waals surface area contributed by atoms with Crippen molar-refractivity contribution in [3.05, 3.63) is 41.2 Å². The van der Waals surface area contributed by atoms with Gasteiger partial charge in [-0.3, -0.25) is 4.90 Å². The second-order valence-corrected chi connectivity index (χ2v) is 6.56. The minimum atomic E-state index is 0.214. The van der Waals surface area contributed by atoms with Crippen LogP contribution in [0.15, 0.2) is 30.3 Å². The van der Waals surface area contributed by atoms with Gasteiger partial charge in [-0.2, -0.15) is 0 Å². The number of hydrogen-bond donors (Lipinski definition) is 2. The molecule has 1 aliphatic heterocycles. The van der Waals surface area contributed by atoms with E-state index in [0.717, 1.165) is 56.4 Å². The van der Waals surface area contributed by atoms with E-state index in [2.05, 4.69) is 32.0 Å². The third-order valence-corrected chi connectivity index (χ3v) is 5.05. The number of benzene rings is 1. The van der Waals surface area contributed by atoms with Gasteiger partial charge in [0, 0.05) is 38.3 Å². The highest BCUT2D eigenvalue weighted by Gasteiger charge is 2.27. The molecule has 0 aliphatic carbocycles. The SMILES string of the molecule is CCN1CCN(C(CNC)c2[nH]c(-c3ccccc3)nc2Cl)CC1. The molecule has 0 bridgehead atoms. The van der Waals surface area contributed by atoms with Crippen molar-refractivity contribution in [1.29, 1.82) is 0 Å². The number of imidazole rings is 1. The van der Waals surface area contributed by atoms with Crippen LogP contribution in [0.3, 0.4) is 0 Å². The summed E-state index contributed by atoms with van der Waals surface area (Å²) in [4.78, 5) is 13.0. The number of hydrogen-bond acceptors (Lipinski definition) is 4. The third-order valence-electron chi connectivity index (χ3n) is 4.76. The van der Waals surface area contributed by atoms with Crippen LogP contribution in [0.4, 0.5) is 0 Å². The van der Waals surface area contributed by atoms with Gasteiger partial charge in [-0.05, 0) is 13.6 Å². The van der Waals surface area contributed by atoms with E-state index in [1.54, 1.807) is 0 Å². The molecule has 1 aromatic carbocycles. The van der Waals surface area contributed by atoms with Gasteiger partial charge in [-0.1, -0.05) is 48.9 Å². The van der Waals surface area contributed by atoms with Gasteiger partial charge >= 0.3 is 0 Å². The van der Waals surface area contributed by atoms with Crippen LogP contribution in [-0.4, -0.2) is 66.1 Å². The number of likely N-dealkylation sites (N-methyl/N-ethyl adjacent to an activating group) is 2. The minimum absolute atomic E-state index is 0.214. The Morgan fingerprint density at radius 3 is 2.54 bits per heavy atom. The van der Waals surface area contributed by atoms with Gasteiger partial charge in [0.1, 0.15) is 5.82 Å². The van der Waals surface area contributed by atoms with Gasteiger partial charge in [0.15, 0.2) is 5.15 Å². The largest absolute Gasteiger partial charge is 0.339 e. The first kappa shape index (κ1) is 17.4. The van der Waals surface area contributed by atoms with Gasteiger partial charge < -0.3 is 15.2 Å². The lowest BCUT2D eigenvalue weighted by Gasteiger charge is -2.38. The maximum atomic E-state index is 6.49. The number of piperazine rings is 1. The van der Waals surface area contributed by atoms with Crippen LogP contribution in [0.25, 0.3) is 11.4 Å². The van der Waals surface area contributed by atoms with Crippen molar-refractivity contribution in [2.75, 3.05) is 46.3 Å². The molecule has 3 rings (SSSR count). The molecular weight excluding hydrogens is 322 g/mol. The molecule has 0 radical (unpaired) electrons. The molecule has 0 amide bonds. The lowest BCUT2D eigenvalue weighted by molar-refractivity contribution is 0.0976. The van der Waals surface area contributed by atoms with Crippen molar-refractivity contribution < 1.29 is 0 Å². The molecule has 2 N–H and O–H groups in total. The first-order valence-electron chi connectivity index (χ1n) is 8.64. The highest BCUT2D eigenvalue weighted by atomic mass is 35.5. The Balaban J connectivity index is 1.82. The smallest absolute Gasteiger partial charge is 0.152 e. The Bertz CT molecular complexity index is 634. The predicted molar refractivity (Wildman–Crippen MR) is 99.4 cm³/mol. The topological polar surface area (TPSA) is 47.2 Å². The quantitative estimate of drug-likeness (QED) is 0.843. The molecule has 130 valence electrons. The monoisotopic (exact) mass is 347 g/mol. The summed E-state index contributed by atoms with van der Waals surface area (Å²) in [5.41, 5.74) is 2.07. The molecule has 5 nitrogen and oxygen atoms in total. The standard InChI is InChI=1S/C18H26ClN5/c1-3-23-9-11-24(12-10-23)15(13-20-2)16-17(19)22-18(21-16)14-7-5-4-6-8-14/h4-8,15,20H,3,9-13H2,1-2H3,(H,21,22). The summed E-state index contributed by atoms with van der Waals surface area (Å²) < 4.78 is 0. The van der Waals surface area contributed by atoms with E-state index in [0.29, 0.717) is 5.15 Å². The van der Waals surface area contributed by atoms with E-state index in [9.17, 15) is 0 Å². The highest BCUT2D eigenvalue weighted by molar-refractivity contribution is 6.30. The highest BCUT2D eigenvalue weighted by Crippen LogP contribution is 2.29. The first-order chi connectivity index (χ1) is 11.7. The molecule has 1 saturated heterocycles. The number of aromatic amines is 1. The second-order valence-electron chi connectivity index (χ2n) is 6.20. The molecule has 1 aliphatic rings. The molecule has 6 heteroatoms. The molecule has 2 heterocycles. The zero-order valence-electron chi connectivity index (χ0n) is 14.4. The normalized spacial score (nSPS) is 18.0. The van der Waals surface area contributed by atoms with Crippen LogP contribution in [-0.2, 0) is 0 Å². The number of halogens is 1. The maximum Gasteiger partial charge on any atom is 0.152 e. The fraction of sp³-hybridized carbons (Fsp3) is 0.500. The zero-order valence-corrected chi connectivity index (χ0v) is 15.2. The van der Waals surface area contributed by atoms with Crippen LogP contribution in [0.2, 0.25) is 5.15 Å². The number of rotatable bonds is 6. The number of nitrogens with zero attached hydrogens (tertiary/aromatic N) is 3. The Kier molecular flexibility index (Phi) is 5.89. The van der Waals surface area contributed by atoms with Crippen molar-refractivity contribution >= 4 is 11.6 Å². The zero-order chi connectivity index (χ0) is 16.9. The summed E-state index contributed by atoms with van der Waals surface area (Å²) in [5.74, 6) is 0.837.